The van der Waals surface area contributed by atoms with Crippen molar-refractivity contribution in [1.82, 2.24) is 14.9 Å². The minimum Gasteiger partial charge on any atom is -0.477 e. The second kappa shape index (κ2) is 5.84. The Bertz CT molecular complexity index is 924. The molecule has 2 aromatic rings. The molecule has 142 valence electrons. The molecule has 0 radical (unpaired) electrons. The highest BCUT2D eigenvalue weighted by atomic mass is 16.3. The van der Waals surface area contributed by atoms with Gasteiger partial charge in [0.15, 0.2) is 0 Å². The number of nitrogens with zero attached hydrogens (tertiary/aromatic N) is 2. The minimum absolute atomic E-state index is 0.0636. The summed E-state index contributed by atoms with van der Waals surface area (Å²) in [7, 11) is 0. The van der Waals surface area contributed by atoms with Gasteiger partial charge in [-0.3, -0.25) is 4.79 Å². The van der Waals surface area contributed by atoms with Crippen molar-refractivity contribution < 1.29 is 19.6 Å². The van der Waals surface area contributed by atoms with Gasteiger partial charge < -0.3 is 15.5 Å². The number of carbonyl (C=O) groups is 1. The average molecular weight is 363 g/mol. The van der Waals surface area contributed by atoms with E-state index in [0.29, 0.717) is 17.9 Å². The minimum atomic E-state index is -1.20. The Balaban J connectivity index is 2.27. The van der Waals surface area contributed by atoms with Gasteiger partial charge in [0.25, 0.3) is 5.91 Å². The van der Waals surface area contributed by atoms with Gasteiger partial charge in [0.1, 0.15) is 5.60 Å². The fourth-order valence-electron chi connectivity index (χ4n) is 2.84. The van der Waals surface area contributed by atoms with Gasteiger partial charge in [-0.25, -0.2) is 9.89 Å². The summed E-state index contributed by atoms with van der Waals surface area (Å²) >= 11 is 0. The first-order valence-corrected chi connectivity index (χ1v) is 8.83. The first-order valence-electron chi connectivity index (χ1n) is 8.83. The van der Waals surface area contributed by atoms with Gasteiger partial charge in [-0.2, -0.15) is 4.57 Å². The molecule has 0 spiro atoms. The van der Waals surface area contributed by atoms with Crippen LogP contribution in [0.4, 0.5) is 0 Å². The van der Waals surface area contributed by atoms with E-state index in [1.807, 2.05) is 20.8 Å². The molecule has 1 saturated carbocycles. The zero-order chi connectivity index (χ0) is 19.4. The largest absolute Gasteiger partial charge is 0.477 e. The van der Waals surface area contributed by atoms with Crippen LogP contribution >= 0.6 is 0 Å². The van der Waals surface area contributed by atoms with Crippen molar-refractivity contribution in [3.05, 3.63) is 27.7 Å². The first kappa shape index (κ1) is 18.4. The lowest BCUT2D eigenvalue weighted by molar-refractivity contribution is -0.692. The molecule has 4 N–H and O–H groups in total. The summed E-state index contributed by atoms with van der Waals surface area (Å²) in [4.78, 5) is 25.4. The van der Waals surface area contributed by atoms with E-state index in [4.69, 9.17) is 0 Å². The number of carbonyl (C=O) groups excluding carboxylic acids is 1. The number of hydrogen-bond donors (Lipinski definition) is 4. The van der Waals surface area contributed by atoms with Crippen molar-refractivity contribution in [1.29, 1.82) is 0 Å². The molecule has 1 aliphatic carbocycles. The topological polar surface area (TPSA) is 111 Å². The average Bonchev–Trinajstić information content (AvgIpc) is 3.15. The third-order valence-electron chi connectivity index (χ3n) is 4.34. The number of aromatic hydroxyl groups is 1. The summed E-state index contributed by atoms with van der Waals surface area (Å²) in [5.74, 6) is -0.934. The van der Waals surface area contributed by atoms with Crippen molar-refractivity contribution >= 4 is 11.6 Å². The Morgan fingerprint density at radius 1 is 1.35 bits per heavy atom. The fourth-order valence-corrected chi connectivity index (χ4v) is 2.84. The zero-order valence-electron chi connectivity index (χ0n) is 15.9. The molecule has 2 heterocycles. The number of fused-ring (bicyclic) bond motifs is 1. The normalized spacial score (nSPS) is 15.5. The van der Waals surface area contributed by atoms with Gasteiger partial charge in [-0.15, -0.1) is 0 Å². The highest BCUT2D eigenvalue weighted by molar-refractivity contribution is 5.96. The second-order valence-corrected chi connectivity index (χ2v) is 8.82. The second-order valence-electron chi connectivity index (χ2n) is 8.82. The molecule has 0 bridgehead atoms. The molecule has 0 saturated heterocycles. The Hall–Kier alpha value is -2.35. The number of amides is 1. The standard InChI is InChI=1S/C18H26N4O4/c1-17(2,3)9-21-12-8-11(18(4,5)26)20-22(12)16(25)13(15(21)24)14(23)19-10-6-7-10/h8,10,26H,6-7,9H2,1-5H3,(H2,19,23,24,25)/p+1. The highest BCUT2D eigenvalue weighted by Crippen LogP contribution is 2.23. The number of nitrogens with one attached hydrogen (secondary N) is 2. The maximum atomic E-state index is 12.9. The van der Waals surface area contributed by atoms with Crippen LogP contribution in [-0.2, 0) is 12.1 Å². The van der Waals surface area contributed by atoms with E-state index in [1.54, 1.807) is 19.9 Å². The predicted octanol–water partition coefficient (Wildman–Crippen LogP) is 0.786. The van der Waals surface area contributed by atoms with Crippen molar-refractivity contribution in [2.75, 3.05) is 0 Å². The van der Waals surface area contributed by atoms with Crippen LogP contribution in [0.5, 0.6) is 5.88 Å². The maximum Gasteiger partial charge on any atom is 0.378 e. The summed E-state index contributed by atoms with van der Waals surface area (Å²) in [6.45, 7) is 9.56. The van der Waals surface area contributed by atoms with Gasteiger partial charge >= 0.3 is 17.1 Å². The Morgan fingerprint density at radius 3 is 2.46 bits per heavy atom. The number of aliphatic hydroxyl groups is 1. The van der Waals surface area contributed by atoms with Crippen molar-refractivity contribution in [2.45, 2.75) is 65.6 Å². The summed E-state index contributed by atoms with van der Waals surface area (Å²) in [5.41, 5.74) is -1.54. The van der Waals surface area contributed by atoms with E-state index in [-0.39, 0.29) is 22.9 Å². The predicted molar refractivity (Wildman–Crippen MR) is 95.1 cm³/mol. The van der Waals surface area contributed by atoms with Crippen molar-refractivity contribution in [2.24, 2.45) is 5.41 Å². The molecule has 8 heteroatoms. The smallest absolute Gasteiger partial charge is 0.378 e. The Morgan fingerprint density at radius 2 is 1.96 bits per heavy atom. The molecule has 1 fully saturated rings. The first-order chi connectivity index (χ1) is 11.9. The lowest BCUT2D eigenvalue weighted by atomic mass is 9.96. The number of H-pyrrole nitrogens is 1. The number of aromatic amines is 1. The summed E-state index contributed by atoms with van der Waals surface area (Å²) in [5, 5.41) is 26.7. The van der Waals surface area contributed by atoms with Gasteiger partial charge in [-0.05, 0) is 32.1 Å². The fraction of sp³-hybridized carbons (Fsp3) is 0.611. The Labute approximate surface area is 151 Å². The van der Waals surface area contributed by atoms with E-state index >= 15 is 0 Å². The molecule has 8 nitrogen and oxygen atoms in total. The van der Waals surface area contributed by atoms with Crippen molar-refractivity contribution in [3.8, 4) is 5.88 Å². The van der Waals surface area contributed by atoms with E-state index < -0.39 is 17.1 Å². The number of hydrogen-bond acceptors (Lipinski definition) is 4. The third-order valence-corrected chi connectivity index (χ3v) is 4.34. The molecule has 2 aromatic heterocycles. The zero-order valence-corrected chi connectivity index (χ0v) is 15.9. The lowest BCUT2D eigenvalue weighted by Crippen LogP contribution is -2.47. The molecular formula is C18H27N4O4+. The van der Waals surface area contributed by atoms with Gasteiger partial charge in [0.05, 0.1) is 18.3 Å². The number of aromatic nitrogens is 3. The van der Waals surface area contributed by atoms with Crippen LogP contribution in [-0.4, -0.2) is 31.8 Å². The van der Waals surface area contributed by atoms with E-state index in [0.717, 1.165) is 12.8 Å². The van der Waals surface area contributed by atoms with Gasteiger partial charge in [0.2, 0.25) is 5.56 Å². The molecule has 0 atom stereocenters. The monoisotopic (exact) mass is 363 g/mol. The van der Waals surface area contributed by atoms with Crippen LogP contribution in [0.3, 0.4) is 0 Å². The maximum absolute atomic E-state index is 12.9. The van der Waals surface area contributed by atoms with Crippen LogP contribution in [0.2, 0.25) is 0 Å². The summed E-state index contributed by atoms with van der Waals surface area (Å²) < 4.78 is 2.75. The molecule has 1 amide bonds. The van der Waals surface area contributed by atoms with Crippen LogP contribution < -0.4 is 15.4 Å². The van der Waals surface area contributed by atoms with Gasteiger partial charge in [-0.1, -0.05) is 25.3 Å². The Kier molecular flexibility index (Phi) is 4.14. The molecule has 26 heavy (non-hydrogen) atoms. The van der Waals surface area contributed by atoms with E-state index in [1.165, 1.54) is 9.08 Å². The van der Waals surface area contributed by atoms with Crippen LogP contribution in [0.15, 0.2) is 10.9 Å². The summed E-state index contributed by atoms with van der Waals surface area (Å²) in [6, 6.07) is 1.68. The third kappa shape index (κ3) is 3.46. The van der Waals surface area contributed by atoms with E-state index in [9.17, 15) is 19.8 Å². The summed E-state index contributed by atoms with van der Waals surface area (Å²) in [6.07, 6.45) is 1.76. The molecule has 1 aliphatic rings. The quantitative estimate of drug-likeness (QED) is 0.602. The molecule has 0 aliphatic heterocycles. The molecular weight excluding hydrogens is 336 g/mol. The van der Waals surface area contributed by atoms with E-state index in [2.05, 4.69) is 10.4 Å². The highest BCUT2D eigenvalue weighted by Gasteiger charge is 2.35. The van der Waals surface area contributed by atoms with Gasteiger partial charge in [0, 0.05) is 6.04 Å². The van der Waals surface area contributed by atoms with Crippen LogP contribution in [0, 0.1) is 5.41 Å². The van der Waals surface area contributed by atoms with Crippen LogP contribution in [0.1, 0.15) is 63.5 Å². The lowest BCUT2D eigenvalue weighted by Gasteiger charge is -2.17. The number of rotatable bonds is 4. The van der Waals surface area contributed by atoms with Crippen LogP contribution in [0.25, 0.3) is 5.65 Å². The molecule has 0 aromatic carbocycles. The van der Waals surface area contributed by atoms with Crippen molar-refractivity contribution in [3.63, 3.8) is 0 Å². The SMILES string of the molecule is CC(C)(C)C[n+]1c(O)c(C(=O)NC2CC2)c(=O)n2[nH]c(C(C)(C)O)cc21. The molecule has 0 unspecified atom stereocenters. The molecule has 3 rings (SSSR count).